The lowest BCUT2D eigenvalue weighted by atomic mass is 9.97. The lowest BCUT2D eigenvalue weighted by Crippen LogP contribution is -2.19. The quantitative estimate of drug-likeness (QED) is 0.754. The molecule has 2 aromatic heterocycles. The molecule has 6 heteroatoms. The second-order valence-electron chi connectivity index (χ2n) is 6.63. The maximum atomic E-state index is 12.6. The molecule has 4 rings (SSSR count). The van der Waals surface area contributed by atoms with Gasteiger partial charge in [0.15, 0.2) is 0 Å². The SMILES string of the molecule is CNc1ccc(-c2ccc3c(=O)c(C(=O)O)cn(C4CC4)c3c2C)cn1. The number of pyridine rings is 2. The number of benzene rings is 1. The summed E-state index contributed by atoms with van der Waals surface area (Å²) in [5.74, 6) is -0.395. The van der Waals surface area contributed by atoms with Crippen LogP contribution in [0.3, 0.4) is 0 Å². The number of nitrogens with one attached hydrogen (secondary N) is 1. The van der Waals surface area contributed by atoms with Crippen LogP contribution in [-0.4, -0.2) is 27.7 Å². The van der Waals surface area contributed by atoms with Gasteiger partial charge < -0.3 is 15.0 Å². The number of fused-ring (bicyclic) bond motifs is 1. The number of rotatable bonds is 4. The average Bonchev–Trinajstić information content (AvgIpc) is 3.47. The normalized spacial score (nSPS) is 13.8. The molecule has 0 atom stereocenters. The van der Waals surface area contributed by atoms with Gasteiger partial charge in [0.1, 0.15) is 11.4 Å². The van der Waals surface area contributed by atoms with Crippen molar-refractivity contribution in [3.63, 3.8) is 0 Å². The van der Waals surface area contributed by atoms with Crippen molar-refractivity contribution in [1.29, 1.82) is 0 Å². The molecule has 0 spiro atoms. The zero-order valence-electron chi connectivity index (χ0n) is 14.6. The molecule has 0 bridgehead atoms. The third-order valence-corrected chi connectivity index (χ3v) is 4.95. The van der Waals surface area contributed by atoms with E-state index in [0.717, 1.165) is 40.9 Å². The van der Waals surface area contributed by atoms with E-state index in [2.05, 4.69) is 10.3 Å². The predicted octanol–water partition coefficient (Wildman–Crippen LogP) is 3.45. The summed E-state index contributed by atoms with van der Waals surface area (Å²) in [7, 11) is 1.82. The first-order valence-corrected chi connectivity index (χ1v) is 8.57. The van der Waals surface area contributed by atoms with Crippen LogP contribution in [0.1, 0.15) is 34.8 Å². The Balaban J connectivity index is 1.99. The van der Waals surface area contributed by atoms with Gasteiger partial charge in [0.2, 0.25) is 5.43 Å². The fourth-order valence-corrected chi connectivity index (χ4v) is 3.43. The number of carboxylic acids is 1. The van der Waals surface area contributed by atoms with Gasteiger partial charge in [-0.05, 0) is 49.1 Å². The van der Waals surface area contributed by atoms with E-state index in [1.165, 1.54) is 6.20 Å². The highest BCUT2D eigenvalue weighted by molar-refractivity contribution is 5.95. The molecule has 3 aromatic rings. The van der Waals surface area contributed by atoms with Crippen molar-refractivity contribution in [1.82, 2.24) is 9.55 Å². The fraction of sp³-hybridized carbons (Fsp3) is 0.250. The topological polar surface area (TPSA) is 84.2 Å². The maximum absolute atomic E-state index is 12.6. The van der Waals surface area contributed by atoms with E-state index >= 15 is 0 Å². The number of hydrogen-bond donors (Lipinski definition) is 2. The van der Waals surface area contributed by atoms with Gasteiger partial charge >= 0.3 is 5.97 Å². The van der Waals surface area contributed by atoms with Crippen LogP contribution >= 0.6 is 0 Å². The molecule has 0 unspecified atom stereocenters. The first kappa shape index (κ1) is 16.3. The van der Waals surface area contributed by atoms with Gasteiger partial charge in [-0.2, -0.15) is 0 Å². The molecule has 0 aliphatic heterocycles. The van der Waals surface area contributed by atoms with E-state index in [-0.39, 0.29) is 11.6 Å². The van der Waals surface area contributed by atoms with Crippen molar-refractivity contribution < 1.29 is 9.90 Å². The molecule has 26 heavy (non-hydrogen) atoms. The second-order valence-corrected chi connectivity index (χ2v) is 6.63. The third-order valence-electron chi connectivity index (χ3n) is 4.95. The lowest BCUT2D eigenvalue weighted by molar-refractivity contribution is 0.0695. The maximum Gasteiger partial charge on any atom is 0.341 e. The Morgan fingerprint density at radius 2 is 2.04 bits per heavy atom. The molecule has 132 valence electrons. The van der Waals surface area contributed by atoms with Crippen LogP contribution in [-0.2, 0) is 0 Å². The minimum Gasteiger partial charge on any atom is -0.477 e. The van der Waals surface area contributed by atoms with Crippen molar-refractivity contribution in [2.75, 3.05) is 12.4 Å². The highest BCUT2D eigenvalue weighted by Gasteiger charge is 2.27. The summed E-state index contributed by atoms with van der Waals surface area (Å²) in [5.41, 5.74) is 3.13. The molecule has 1 aliphatic carbocycles. The van der Waals surface area contributed by atoms with Crippen LogP contribution in [0.25, 0.3) is 22.0 Å². The van der Waals surface area contributed by atoms with Crippen LogP contribution in [0.5, 0.6) is 0 Å². The summed E-state index contributed by atoms with van der Waals surface area (Å²) < 4.78 is 1.97. The Morgan fingerprint density at radius 3 is 2.62 bits per heavy atom. The molecule has 0 amide bonds. The van der Waals surface area contributed by atoms with Gasteiger partial charge in [-0.1, -0.05) is 6.07 Å². The monoisotopic (exact) mass is 349 g/mol. The van der Waals surface area contributed by atoms with E-state index in [9.17, 15) is 14.7 Å². The van der Waals surface area contributed by atoms with Gasteiger partial charge in [-0.15, -0.1) is 0 Å². The number of nitrogens with zero attached hydrogens (tertiary/aromatic N) is 2. The number of aromatic carboxylic acids is 1. The summed E-state index contributed by atoms with van der Waals surface area (Å²) >= 11 is 0. The minimum atomic E-state index is -1.18. The number of aryl methyl sites for hydroxylation is 1. The smallest absolute Gasteiger partial charge is 0.341 e. The van der Waals surface area contributed by atoms with E-state index in [0.29, 0.717) is 5.39 Å². The fourth-order valence-electron chi connectivity index (χ4n) is 3.43. The molecule has 0 saturated heterocycles. The van der Waals surface area contributed by atoms with Crippen LogP contribution in [0.4, 0.5) is 5.82 Å². The third kappa shape index (κ3) is 2.54. The number of carboxylic acid groups (broad SMARTS) is 1. The standard InChI is InChI=1S/C20H19N3O3/c1-11-14(12-3-8-17(21-2)22-9-12)6-7-15-18(11)23(13-4-5-13)10-16(19(15)24)20(25)26/h3,6-10,13H,4-5H2,1-2H3,(H,21,22)(H,25,26). The molecule has 1 saturated carbocycles. The Morgan fingerprint density at radius 1 is 1.27 bits per heavy atom. The largest absolute Gasteiger partial charge is 0.477 e. The number of hydrogen-bond acceptors (Lipinski definition) is 4. The van der Waals surface area contributed by atoms with Crippen LogP contribution in [0.2, 0.25) is 0 Å². The zero-order chi connectivity index (χ0) is 18.4. The highest BCUT2D eigenvalue weighted by Crippen LogP contribution is 2.39. The Bertz CT molecular complexity index is 1080. The second kappa shape index (κ2) is 5.98. The lowest BCUT2D eigenvalue weighted by Gasteiger charge is -2.16. The van der Waals surface area contributed by atoms with Gasteiger partial charge in [-0.3, -0.25) is 4.79 Å². The van der Waals surface area contributed by atoms with Crippen molar-refractivity contribution in [2.24, 2.45) is 0 Å². The molecule has 2 heterocycles. The first-order valence-electron chi connectivity index (χ1n) is 8.57. The van der Waals surface area contributed by atoms with Gasteiger partial charge in [0.25, 0.3) is 0 Å². The van der Waals surface area contributed by atoms with Gasteiger partial charge in [0, 0.05) is 36.4 Å². The zero-order valence-corrected chi connectivity index (χ0v) is 14.6. The van der Waals surface area contributed by atoms with Crippen molar-refractivity contribution >= 4 is 22.7 Å². The summed E-state index contributed by atoms with van der Waals surface area (Å²) in [6.07, 6.45) is 5.30. The summed E-state index contributed by atoms with van der Waals surface area (Å²) in [6, 6.07) is 7.75. The highest BCUT2D eigenvalue weighted by atomic mass is 16.4. The predicted molar refractivity (Wildman–Crippen MR) is 101 cm³/mol. The van der Waals surface area contributed by atoms with Gasteiger partial charge in [-0.25, -0.2) is 9.78 Å². The molecular formula is C20H19N3O3. The Hall–Kier alpha value is -3.15. The summed E-state index contributed by atoms with van der Waals surface area (Å²) in [6.45, 7) is 1.97. The molecule has 1 fully saturated rings. The first-order chi connectivity index (χ1) is 12.5. The molecule has 1 aliphatic rings. The number of carbonyl (C=O) groups is 1. The molecule has 2 N–H and O–H groups in total. The Kier molecular flexibility index (Phi) is 3.76. The number of aromatic nitrogens is 2. The summed E-state index contributed by atoms with van der Waals surface area (Å²) in [4.78, 5) is 28.5. The van der Waals surface area contributed by atoms with E-state index in [4.69, 9.17) is 0 Å². The molecule has 1 aromatic carbocycles. The van der Waals surface area contributed by atoms with E-state index in [1.807, 2.05) is 36.7 Å². The van der Waals surface area contributed by atoms with Crippen molar-refractivity contribution in [3.05, 3.63) is 58.0 Å². The molecule has 0 radical (unpaired) electrons. The van der Waals surface area contributed by atoms with Gasteiger partial charge in [0.05, 0.1) is 5.52 Å². The summed E-state index contributed by atoms with van der Waals surface area (Å²) in [5, 5.41) is 12.8. The number of anilines is 1. The van der Waals surface area contributed by atoms with Crippen LogP contribution in [0, 0.1) is 6.92 Å². The molecular weight excluding hydrogens is 330 g/mol. The van der Waals surface area contributed by atoms with E-state index in [1.54, 1.807) is 12.3 Å². The van der Waals surface area contributed by atoms with Crippen LogP contribution < -0.4 is 10.7 Å². The van der Waals surface area contributed by atoms with E-state index < -0.39 is 11.4 Å². The van der Waals surface area contributed by atoms with Crippen LogP contribution in [0.15, 0.2) is 41.5 Å². The van der Waals surface area contributed by atoms with Crippen molar-refractivity contribution in [2.45, 2.75) is 25.8 Å². The average molecular weight is 349 g/mol. The molecule has 6 nitrogen and oxygen atoms in total. The van der Waals surface area contributed by atoms with Crippen molar-refractivity contribution in [3.8, 4) is 11.1 Å². The Labute approximate surface area is 150 Å². The minimum absolute atomic E-state index is 0.170.